The fourth-order valence-electron chi connectivity index (χ4n) is 0.944. The molecule has 0 heterocycles. The van der Waals surface area contributed by atoms with E-state index in [9.17, 15) is 8.42 Å². The van der Waals surface area contributed by atoms with Crippen LogP contribution in [0.25, 0.3) is 0 Å². The van der Waals surface area contributed by atoms with Gasteiger partial charge in [-0.1, -0.05) is 12.2 Å². The van der Waals surface area contributed by atoms with Crippen LogP contribution >= 0.6 is 12.2 Å². The minimum absolute atomic E-state index is 0.0509. The lowest BCUT2D eigenvalue weighted by Gasteiger charge is -1.92. The Balaban J connectivity index is 2.64. The highest BCUT2D eigenvalue weighted by atomic mass is 32.2. The summed E-state index contributed by atoms with van der Waals surface area (Å²) in [5.41, 5.74) is 5.25. The molecular weight excluding hydrogens is 170 g/mol. The van der Waals surface area contributed by atoms with Gasteiger partial charge in [-0.25, -0.2) is 8.42 Å². The van der Waals surface area contributed by atoms with Crippen molar-refractivity contribution >= 4 is 27.0 Å². The van der Waals surface area contributed by atoms with Gasteiger partial charge in [0.05, 0.1) is 10.2 Å². The Morgan fingerprint density at radius 2 is 2.20 bits per heavy atom. The predicted octanol–water partition coefficient (Wildman–Crippen LogP) is -0.294. The molecule has 0 bridgehead atoms. The molecule has 0 aromatic rings. The summed E-state index contributed by atoms with van der Waals surface area (Å²) in [6.07, 6.45) is 1.84. The third-order valence-electron chi connectivity index (χ3n) is 1.65. The Bertz CT molecular complexity index is 257. The largest absolute Gasteiger partial charge is 0.393 e. The molecule has 0 unspecified atom stereocenters. The van der Waals surface area contributed by atoms with Crippen molar-refractivity contribution in [3.63, 3.8) is 0 Å². The van der Waals surface area contributed by atoms with Gasteiger partial charge in [-0.15, -0.1) is 0 Å². The second-order valence-electron chi connectivity index (χ2n) is 2.61. The molecule has 0 aromatic carbocycles. The van der Waals surface area contributed by atoms with Gasteiger partial charge < -0.3 is 5.73 Å². The third-order valence-corrected chi connectivity index (χ3v) is 3.57. The smallest absolute Gasteiger partial charge is 0.151 e. The van der Waals surface area contributed by atoms with E-state index in [2.05, 4.69) is 12.2 Å². The maximum absolute atomic E-state index is 10.8. The Kier molecular flexibility index (Phi) is 1.72. The number of thiocarbonyl (C=S) groups is 1. The van der Waals surface area contributed by atoms with Crippen LogP contribution in [0.3, 0.4) is 0 Å². The van der Waals surface area contributed by atoms with E-state index in [1.54, 1.807) is 0 Å². The highest BCUT2D eigenvalue weighted by Crippen LogP contribution is 2.36. The summed E-state index contributed by atoms with van der Waals surface area (Å²) in [5.74, 6) is -0.0509. The van der Waals surface area contributed by atoms with Gasteiger partial charge in [0.1, 0.15) is 0 Å². The molecule has 2 N–H and O–H groups in total. The van der Waals surface area contributed by atoms with Gasteiger partial charge in [-0.2, -0.15) is 0 Å². The van der Waals surface area contributed by atoms with E-state index in [0.29, 0.717) is 11.4 Å². The molecule has 0 amide bonds. The molecule has 1 fully saturated rings. The minimum Gasteiger partial charge on any atom is -0.393 e. The Morgan fingerprint density at radius 3 is 2.30 bits per heavy atom. The topological polar surface area (TPSA) is 60.2 Å². The van der Waals surface area contributed by atoms with Crippen LogP contribution in [0.5, 0.6) is 0 Å². The predicted molar refractivity (Wildman–Crippen MR) is 43.5 cm³/mol. The molecule has 0 saturated heterocycles. The van der Waals surface area contributed by atoms with Gasteiger partial charge >= 0.3 is 0 Å². The van der Waals surface area contributed by atoms with Gasteiger partial charge in [-0.3, -0.25) is 0 Å². The number of rotatable bonds is 2. The average Bonchev–Trinajstić information content (AvgIpc) is 2.35. The maximum Gasteiger partial charge on any atom is 0.151 e. The summed E-state index contributed by atoms with van der Waals surface area (Å²) in [6.45, 7) is 0. The normalized spacial score (nSPS) is 31.7. The fourth-order valence-corrected chi connectivity index (χ4v) is 2.59. The van der Waals surface area contributed by atoms with E-state index in [-0.39, 0.29) is 11.2 Å². The molecule has 0 radical (unpaired) electrons. The van der Waals surface area contributed by atoms with Crippen LogP contribution in [-0.4, -0.2) is 24.9 Å². The van der Waals surface area contributed by atoms with Crippen molar-refractivity contribution in [1.29, 1.82) is 0 Å². The molecule has 0 aliphatic heterocycles. The van der Waals surface area contributed by atoms with Crippen LogP contribution in [0.2, 0.25) is 0 Å². The van der Waals surface area contributed by atoms with E-state index < -0.39 is 9.84 Å². The molecule has 2 atom stereocenters. The first-order valence-corrected chi connectivity index (χ1v) is 5.27. The summed E-state index contributed by atoms with van der Waals surface area (Å²) < 4.78 is 21.6. The van der Waals surface area contributed by atoms with Crippen LogP contribution in [-0.2, 0) is 9.84 Å². The molecule has 0 spiro atoms. The maximum atomic E-state index is 10.8. The molecule has 1 aliphatic carbocycles. The van der Waals surface area contributed by atoms with E-state index >= 15 is 0 Å². The lowest BCUT2D eigenvalue weighted by atomic mass is 10.4. The first-order chi connectivity index (χ1) is 4.43. The van der Waals surface area contributed by atoms with Crippen LogP contribution in [0.1, 0.15) is 6.42 Å². The molecule has 1 aliphatic rings. The number of sulfone groups is 1. The summed E-state index contributed by atoms with van der Waals surface area (Å²) in [7, 11) is -2.89. The van der Waals surface area contributed by atoms with Crippen LogP contribution in [0.15, 0.2) is 0 Å². The summed E-state index contributed by atoms with van der Waals surface area (Å²) in [6, 6.07) is 0. The van der Waals surface area contributed by atoms with Crippen LogP contribution in [0, 0.1) is 5.92 Å². The second-order valence-corrected chi connectivity index (χ2v) is 5.35. The minimum atomic E-state index is -2.89. The van der Waals surface area contributed by atoms with E-state index in [1.165, 1.54) is 6.26 Å². The second kappa shape index (κ2) is 2.17. The fraction of sp³-hybridized carbons (Fsp3) is 0.800. The van der Waals surface area contributed by atoms with Crippen molar-refractivity contribution in [1.82, 2.24) is 0 Å². The first kappa shape index (κ1) is 7.94. The highest BCUT2D eigenvalue weighted by Gasteiger charge is 2.46. The van der Waals surface area contributed by atoms with Crippen molar-refractivity contribution in [2.24, 2.45) is 11.7 Å². The molecule has 0 aromatic heterocycles. The van der Waals surface area contributed by atoms with Crippen LogP contribution < -0.4 is 5.73 Å². The van der Waals surface area contributed by atoms with E-state index in [1.807, 2.05) is 0 Å². The monoisotopic (exact) mass is 179 g/mol. The average molecular weight is 179 g/mol. The first-order valence-electron chi connectivity index (χ1n) is 2.91. The Morgan fingerprint density at radius 1 is 1.70 bits per heavy atom. The SMILES string of the molecule is CS(=O)(=O)[C@@H]1C[C@H]1C(N)=S. The van der Waals surface area contributed by atoms with Gasteiger partial charge in [0.25, 0.3) is 0 Å². The lowest BCUT2D eigenvalue weighted by Crippen LogP contribution is -2.16. The lowest BCUT2D eigenvalue weighted by molar-refractivity contribution is 0.600. The van der Waals surface area contributed by atoms with Gasteiger partial charge in [-0.05, 0) is 6.42 Å². The van der Waals surface area contributed by atoms with Crippen molar-refractivity contribution in [3.8, 4) is 0 Å². The van der Waals surface area contributed by atoms with E-state index in [0.717, 1.165) is 0 Å². The zero-order valence-electron chi connectivity index (χ0n) is 5.57. The van der Waals surface area contributed by atoms with Crippen LogP contribution in [0.4, 0.5) is 0 Å². The molecule has 58 valence electrons. The van der Waals surface area contributed by atoms with Crippen molar-refractivity contribution in [2.75, 3.05) is 6.26 Å². The van der Waals surface area contributed by atoms with Gasteiger partial charge in [0.15, 0.2) is 9.84 Å². The third kappa shape index (κ3) is 1.46. The molecule has 1 rings (SSSR count). The van der Waals surface area contributed by atoms with Crippen molar-refractivity contribution < 1.29 is 8.42 Å². The van der Waals surface area contributed by atoms with Crippen molar-refractivity contribution in [2.45, 2.75) is 11.7 Å². The summed E-state index contributed by atoms with van der Waals surface area (Å²) in [4.78, 5) is 0.329. The summed E-state index contributed by atoms with van der Waals surface area (Å²) >= 11 is 4.64. The molecule has 5 heteroatoms. The summed E-state index contributed by atoms with van der Waals surface area (Å²) in [5, 5.41) is -0.287. The quantitative estimate of drug-likeness (QED) is 0.592. The molecule has 3 nitrogen and oxygen atoms in total. The molecule has 1 saturated carbocycles. The number of nitrogens with two attached hydrogens (primary N) is 1. The zero-order valence-corrected chi connectivity index (χ0v) is 7.21. The number of hydrogen-bond donors (Lipinski definition) is 1. The Labute approximate surface area is 65.5 Å². The highest BCUT2D eigenvalue weighted by molar-refractivity contribution is 7.91. The standard InChI is InChI=1S/C5H9NO2S2/c1-10(7,8)4-2-3(4)5(6)9/h3-4H,2H2,1H3,(H2,6,9)/t3-,4-/m1/s1. The zero-order chi connectivity index (χ0) is 7.94. The molecule has 10 heavy (non-hydrogen) atoms. The van der Waals surface area contributed by atoms with Gasteiger partial charge in [0.2, 0.25) is 0 Å². The van der Waals surface area contributed by atoms with Crippen molar-refractivity contribution in [3.05, 3.63) is 0 Å². The van der Waals surface area contributed by atoms with Gasteiger partial charge in [0, 0.05) is 12.2 Å². The Hall–Kier alpha value is -0.160. The molecular formula is C5H9NO2S2. The van der Waals surface area contributed by atoms with E-state index in [4.69, 9.17) is 5.73 Å². The number of hydrogen-bond acceptors (Lipinski definition) is 3.